The second kappa shape index (κ2) is 5.50. The minimum atomic E-state index is -4.34. The molecule has 1 amide bonds. The predicted molar refractivity (Wildman–Crippen MR) is 47.8 cm³/mol. The lowest BCUT2D eigenvalue weighted by atomic mass is 10.3. The fourth-order valence-corrected chi connectivity index (χ4v) is 0.902. The number of aromatic nitrogens is 2. The highest BCUT2D eigenvalue weighted by Gasteiger charge is 2.27. The molecule has 0 fully saturated rings. The summed E-state index contributed by atoms with van der Waals surface area (Å²) in [6, 6.07) is 0. The van der Waals surface area contributed by atoms with Crippen molar-refractivity contribution in [2.45, 2.75) is 6.18 Å². The first-order valence-electron chi connectivity index (χ1n) is 4.40. The fourth-order valence-electron chi connectivity index (χ4n) is 0.902. The van der Waals surface area contributed by atoms with Gasteiger partial charge in [-0.15, -0.1) is 0 Å². The van der Waals surface area contributed by atoms with Crippen LogP contribution in [-0.4, -0.2) is 42.0 Å². The van der Waals surface area contributed by atoms with Crippen LogP contribution in [0.25, 0.3) is 0 Å². The van der Waals surface area contributed by atoms with Gasteiger partial charge in [0, 0.05) is 12.7 Å². The van der Waals surface area contributed by atoms with Crippen LogP contribution in [0.3, 0.4) is 0 Å². The molecular formula is C8H10F3N3O2. The summed E-state index contributed by atoms with van der Waals surface area (Å²) < 4.78 is 39.2. The van der Waals surface area contributed by atoms with Gasteiger partial charge in [-0.2, -0.15) is 18.3 Å². The number of hydrogen-bond donors (Lipinski definition) is 2. The highest BCUT2D eigenvalue weighted by atomic mass is 19.4. The first kappa shape index (κ1) is 12.5. The van der Waals surface area contributed by atoms with Gasteiger partial charge >= 0.3 is 6.18 Å². The molecule has 2 N–H and O–H groups in total. The standard InChI is InChI=1S/C8H10F3N3O2/c9-8(10,11)5-16-2-1-12-7(15)6-3-13-14-4-6/h3-4H,1-2,5H2,(H,12,15)(H,13,14). The average Bonchev–Trinajstić information content (AvgIpc) is 2.67. The minimum Gasteiger partial charge on any atom is -0.370 e. The van der Waals surface area contributed by atoms with Crippen LogP contribution in [0.15, 0.2) is 12.4 Å². The lowest BCUT2D eigenvalue weighted by Gasteiger charge is -2.07. The van der Waals surface area contributed by atoms with Crippen LogP contribution < -0.4 is 5.32 Å². The molecule has 5 nitrogen and oxygen atoms in total. The molecule has 90 valence electrons. The second-order valence-electron chi connectivity index (χ2n) is 2.91. The lowest BCUT2D eigenvalue weighted by Crippen LogP contribution is -2.28. The van der Waals surface area contributed by atoms with Gasteiger partial charge < -0.3 is 10.1 Å². The summed E-state index contributed by atoms with van der Waals surface area (Å²) in [6.45, 7) is -1.49. The number of amides is 1. The maximum absolute atomic E-state index is 11.6. The molecule has 0 saturated carbocycles. The number of nitrogens with one attached hydrogen (secondary N) is 2. The van der Waals surface area contributed by atoms with E-state index in [1.165, 1.54) is 12.4 Å². The van der Waals surface area contributed by atoms with Gasteiger partial charge in [0.15, 0.2) is 0 Å². The van der Waals surface area contributed by atoms with Gasteiger partial charge in [-0.3, -0.25) is 9.89 Å². The normalized spacial score (nSPS) is 11.4. The van der Waals surface area contributed by atoms with E-state index in [9.17, 15) is 18.0 Å². The highest BCUT2D eigenvalue weighted by Crippen LogP contribution is 2.13. The quantitative estimate of drug-likeness (QED) is 0.741. The number of nitrogens with zero attached hydrogens (tertiary/aromatic N) is 1. The molecule has 1 rings (SSSR count). The summed E-state index contributed by atoms with van der Waals surface area (Å²) >= 11 is 0. The van der Waals surface area contributed by atoms with Gasteiger partial charge in [0.1, 0.15) is 6.61 Å². The fraction of sp³-hybridized carbons (Fsp3) is 0.500. The van der Waals surface area contributed by atoms with Crippen LogP contribution in [0, 0.1) is 0 Å². The van der Waals surface area contributed by atoms with E-state index in [1.807, 2.05) is 0 Å². The first-order chi connectivity index (χ1) is 7.49. The lowest BCUT2D eigenvalue weighted by molar-refractivity contribution is -0.173. The molecule has 1 aromatic rings. The van der Waals surface area contributed by atoms with Gasteiger partial charge in [0.05, 0.1) is 18.4 Å². The Kier molecular flexibility index (Phi) is 4.29. The monoisotopic (exact) mass is 237 g/mol. The van der Waals surface area contributed by atoms with Crippen molar-refractivity contribution >= 4 is 5.91 Å². The average molecular weight is 237 g/mol. The second-order valence-corrected chi connectivity index (χ2v) is 2.91. The third kappa shape index (κ3) is 4.78. The van der Waals surface area contributed by atoms with E-state index in [0.29, 0.717) is 5.56 Å². The molecule has 8 heteroatoms. The minimum absolute atomic E-state index is 0.0140. The third-order valence-corrected chi connectivity index (χ3v) is 1.56. The molecule has 0 unspecified atom stereocenters. The SMILES string of the molecule is O=C(NCCOCC(F)(F)F)c1cn[nH]c1. The molecule has 0 atom stereocenters. The van der Waals surface area contributed by atoms with E-state index in [4.69, 9.17) is 0 Å². The number of ether oxygens (including phenoxy) is 1. The van der Waals surface area contributed by atoms with Crippen molar-refractivity contribution in [3.05, 3.63) is 18.0 Å². The van der Waals surface area contributed by atoms with Gasteiger partial charge in [-0.25, -0.2) is 0 Å². The number of carbonyl (C=O) groups is 1. The Bertz CT molecular complexity index is 324. The zero-order valence-electron chi connectivity index (χ0n) is 8.17. The van der Waals surface area contributed by atoms with Crippen molar-refractivity contribution in [1.82, 2.24) is 15.5 Å². The van der Waals surface area contributed by atoms with E-state index in [-0.39, 0.29) is 13.2 Å². The van der Waals surface area contributed by atoms with Gasteiger partial charge in [-0.1, -0.05) is 0 Å². The summed E-state index contributed by atoms with van der Waals surface area (Å²) in [7, 11) is 0. The van der Waals surface area contributed by atoms with Crippen molar-refractivity contribution in [2.24, 2.45) is 0 Å². The Balaban J connectivity index is 2.10. The number of hydrogen-bond acceptors (Lipinski definition) is 3. The van der Waals surface area contributed by atoms with E-state index in [1.54, 1.807) is 0 Å². The molecule has 0 radical (unpaired) electrons. The Morgan fingerprint density at radius 2 is 2.31 bits per heavy atom. The number of aromatic amines is 1. The number of halogens is 3. The zero-order valence-corrected chi connectivity index (χ0v) is 8.17. The predicted octanol–water partition coefficient (Wildman–Crippen LogP) is 0.718. The zero-order chi connectivity index (χ0) is 12.0. The summed E-state index contributed by atoms with van der Waals surface area (Å²) in [6.07, 6.45) is -1.65. The Hall–Kier alpha value is -1.57. The number of rotatable bonds is 5. The van der Waals surface area contributed by atoms with E-state index in [2.05, 4.69) is 20.3 Å². The highest BCUT2D eigenvalue weighted by molar-refractivity contribution is 5.93. The van der Waals surface area contributed by atoms with Crippen molar-refractivity contribution < 1.29 is 22.7 Å². The molecular weight excluding hydrogens is 227 g/mol. The first-order valence-corrected chi connectivity index (χ1v) is 4.40. The Morgan fingerprint density at radius 3 is 2.88 bits per heavy atom. The van der Waals surface area contributed by atoms with E-state index in [0.717, 1.165) is 0 Å². The van der Waals surface area contributed by atoms with Crippen LogP contribution in [-0.2, 0) is 4.74 Å². The molecule has 0 aromatic carbocycles. The summed E-state index contributed by atoms with van der Waals surface area (Å²) in [5.41, 5.74) is 0.316. The van der Waals surface area contributed by atoms with Crippen LogP contribution in [0.4, 0.5) is 13.2 Å². The van der Waals surface area contributed by atoms with Crippen molar-refractivity contribution in [2.75, 3.05) is 19.8 Å². The van der Waals surface area contributed by atoms with E-state index >= 15 is 0 Å². The van der Waals surface area contributed by atoms with Crippen LogP contribution >= 0.6 is 0 Å². The molecule has 0 saturated heterocycles. The number of alkyl halides is 3. The van der Waals surface area contributed by atoms with Gasteiger partial charge in [-0.05, 0) is 0 Å². The summed E-state index contributed by atoms with van der Waals surface area (Å²) in [4.78, 5) is 11.2. The third-order valence-electron chi connectivity index (χ3n) is 1.56. The van der Waals surface area contributed by atoms with Crippen molar-refractivity contribution in [3.63, 3.8) is 0 Å². The topological polar surface area (TPSA) is 67.0 Å². The molecule has 0 bridgehead atoms. The van der Waals surface area contributed by atoms with Crippen molar-refractivity contribution in [3.8, 4) is 0 Å². The van der Waals surface area contributed by atoms with Crippen molar-refractivity contribution in [1.29, 1.82) is 0 Å². The van der Waals surface area contributed by atoms with Crippen LogP contribution in [0.1, 0.15) is 10.4 Å². The number of H-pyrrole nitrogens is 1. The largest absolute Gasteiger partial charge is 0.411 e. The summed E-state index contributed by atoms with van der Waals surface area (Å²) in [5, 5.41) is 8.38. The molecule has 1 heterocycles. The molecule has 1 aromatic heterocycles. The summed E-state index contributed by atoms with van der Waals surface area (Å²) in [5.74, 6) is -0.413. The molecule has 0 aliphatic carbocycles. The maximum Gasteiger partial charge on any atom is 0.411 e. The van der Waals surface area contributed by atoms with Gasteiger partial charge in [0.25, 0.3) is 5.91 Å². The Labute approximate surface area is 89.0 Å². The maximum atomic E-state index is 11.6. The molecule has 0 spiro atoms. The van der Waals surface area contributed by atoms with Crippen LogP contribution in [0.2, 0.25) is 0 Å². The van der Waals surface area contributed by atoms with E-state index < -0.39 is 18.7 Å². The smallest absolute Gasteiger partial charge is 0.370 e. The van der Waals surface area contributed by atoms with Gasteiger partial charge in [0.2, 0.25) is 0 Å². The molecule has 16 heavy (non-hydrogen) atoms. The molecule has 0 aliphatic heterocycles. The molecule has 0 aliphatic rings. The van der Waals surface area contributed by atoms with Crippen LogP contribution in [0.5, 0.6) is 0 Å². The number of carbonyl (C=O) groups excluding carboxylic acids is 1. The Morgan fingerprint density at radius 1 is 1.56 bits per heavy atom.